The Morgan fingerprint density at radius 1 is 1.32 bits per heavy atom. The summed E-state index contributed by atoms with van der Waals surface area (Å²) in [7, 11) is 0. The first kappa shape index (κ1) is 16.5. The molecule has 1 fully saturated rings. The Hall–Kier alpha value is -0.570. The average Bonchev–Trinajstić information content (AvgIpc) is 2.40. The summed E-state index contributed by atoms with van der Waals surface area (Å²) in [5.41, 5.74) is 0. The van der Waals surface area contributed by atoms with Crippen molar-refractivity contribution < 1.29 is 4.79 Å². The molecule has 19 heavy (non-hydrogen) atoms. The molecule has 3 unspecified atom stereocenters. The number of carbonyl (C=O) groups is 1. The Kier molecular flexibility index (Phi) is 7.44. The molecule has 0 aromatic heterocycles. The van der Waals surface area contributed by atoms with Gasteiger partial charge in [0.05, 0.1) is 6.04 Å². The Balaban J connectivity index is 2.22. The molecule has 3 heteroatoms. The lowest BCUT2D eigenvalue weighted by Gasteiger charge is -2.28. The molecule has 1 amide bonds. The van der Waals surface area contributed by atoms with Crippen LogP contribution in [0.4, 0.5) is 0 Å². The van der Waals surface area contributed by atoms with Crippen molar-refractivity contribution in [3.05, 3.63) is 0 Å². The van der Waals surface area contributed by atoms with Gasteiger partial charge >= 0.3 is 0 Å². The van der Waals surface area contributed by atoms with Crippen molar-refractivity contribution in [2.75, 3.05) is 19.6 Å². The van der Waals surface area contributed by atoms with Crippen LogP contribution in [0.5, 0.6) is 0 Å². The van der Waals surface area contributed by atoms with E-state index in [0.717, 1.165) is 31.5 Å². The van der Waals surface area contributed by atoms with E-state index in [-0.39, 0.29) is 11.9 Å². The Morgan fingerprint density at radius 3 is 2.58 bits per heavy atom. The summed E-state index contributed by atoms with van der Waals surface area (Å²) in [6.07, 6.45) is 6.77. The fourth-order valence-electron chi connectivity index (χ4n) is 3.22. The summed E-state index contributed by atoms with van der Waals surface area (Å²) in [5, 5.41) is 3.40. The minimum Gasteiger partial charge on any atom is -0.342 e. The number of rotatable bonds is 7. The summed E-state index contributed by atoms with van der Waals surface area (Å²) in [4.78, 5) is 14.0. The number of carbonyl (C=O) groups excluding carboxylic acids is 1. The second-order valence-electron chi connectivity index (χ2n) is 6.11. The smallest absolute Gasteiger partial charge is 0.239 e. The van der Waals surface area contributed by atoms with E-state index in [1.54, 1.807) is 0 Å². The fourth-order valence-corrected chi connectivity index (χ4v) is 3.22. The highest BCUT2D eigenvalue weighted by Crippen LogP contribution is 2.30. The minimum absolute atomic E-state index is 0.0408. The maximum absolute atomic E-state index is 12.1. The largest absolute Gasteiger partial charge is 0.342 e. The molecule has 1 N–H and O–H groups in total. The van der Waals surface area contributed by atoms with Crippen LogP contribution in [0, 0.1) is 11.8 Å². The lowest BCUT2D eigenvalue weighted by atomic mass is 9.81. The minimum atomic E-state index is -0.0408. The van der Waals surface area contributed by atoms with Gasteiger partial charge in [-0.1, -0.05) is 26.2 Å². The number of nitrogens with zero attached hydrogens (tertiary/aromatic N) is 1. The summed E-state index contributed by atoms with van der Waals surface area (Å²) in [5.74, 6) is 2.00. The highest BCUT2D eigenvalue weighted by atomic mass is 16.2. The van der Waals surface area contributed by atoms with Crippen LogP contribution in [-0.4, -0.2) is 36.5 Å². The van der Waals surface area contributed by atoms with Crippen LogP contribution in [0.3, 0.4) is 0 Å². The predicted molar refractivity (Wildman–Crippen MR) is 81.1 cm³/mol. The quantitative estimate of drug-likeness (QED) is 0.769. The molecule has 3 nitrogen and oxygen atoms in total. The lowest BCUT2D eigenvalue weighted by Crippen LogP contribution is -2.45. The molecule has 0 saturated heterocycles. The summed E-state index contributed by atoms with van der Waals surface area (Å²) in [6, 6.07) is -0.0408. The summed E-state index contributed by atoms with van der Waals surface area (Å²) < 4.78 is 0. The first-order valence-corrected chi connectivity index (χ1v) is 8.10. The maximum Gasteiger partial charge on any atom is 0.239 e. The van der Waals surface area contributed by atoms with E-state index >= 15 is 0 Å². The van der Waals surface area contributed by atoms with Crippen molar-refractivity contribution >= 4 is 5.91 Å². The van der Waals surface area contributed by atoms with Gasteiger partial charge in [0.1, 0.15) is 0 Å². The van der Waals surface area contributed by atoms with Crippen LogP contribution in [-0.2, 0) is 4.79 Å². The number of nitrogens with one attached hydrogen (secondary N) is 1. The van der Waals surface area contributed by atoms with Crippen LogP contribution in [0.2, 0.25) is 0 Å². The van der Waals surface area contributed by atoms with Gasteiger partial charge in [-0.2, -0.15) is 0 Å². The SMILES string of the molecule is CCN(CC)C(=O)C(C)NCCC1CCCC(C)C1. The fraction of sp³-hybridized carbons (Fsp3) is 0.938. The van der Waals surface area contributed by atoms with E-state index in [1.165, 1.54) is 32.1 Å². The number of likely N-dealkylation sites (N-methyl/N-ethyl adjacent to an activating group) is 1. The number of amides is 1. The van der Waals surface area contributed by atoms with Crippen molar-refractivity contribution in [1.82, 2.24) is 10.2 Å². The third kappa shape index (κ3) is 5.52. The number of hydrogen-bond donors (Lipinski definition) is 1. The van der Waals surface area contributed by atoms with Crippen molar-refractivity contribution in [2.24, 2.45) is 11.8 Å². The van der Waals surface area contributed by atoms with E-state index in [2.05, 4.69) is 12.2 Å². The zero-order valence-electron chi connectivity index (χ0n) is 13.2. The average molecular weight is 268 g/mol. The lowest BCUT2D eigenvalue weighted by molar-refractivity contribution is -0.132. The van der Waals surface area contributed by atoms with E-state index in [9.17, 15) is 4.79 Å². The van der Waals surface area contributed by atoms with Crippen LogP contribution < -0.4 is 5.32 Å². The molecule has 0 aromatic carbocycles. The van der Waals surface area contributed by atoms with Crippen LogP contribution in [0.15, 0.2) is 0 Å². The van der Waals surface area contributed by atoms with Crippen molar-refractivity contribution in [2.45, 2.75) is 65.8 Å². The molecule has 1 saturated carbocycles. The zero-order chi connectivity index (χ0) is 14.3. The summed E-state index contributed by atoms with van der Waals surface area (Å²) in [6.45, 7) is 11.0. The number of hydrogen-bond acceptors (Lipinski definition) is 2. The standard InChI is InChI=1S/C16H32N2O/c1-5-18(6-2)16(19)14(4)17-11-10-15-9-7-8-13(3)12-15/h13-15,17H,5-12H2,1-4H3. The van der Waals surface area contributed by atoms with E-state index in [1.807, 2.05) is 25.7 Å². The van der Waals surface area contributed by atoms with Gasteiger partial charge in [-0.25, -0.2) is 0 Å². The normalized spacial score (nSPS) is 25.1. The highest BCUT2D eigenvalue weighted by Gasteiger charge is 2.20. The van der Waals surface area contributed by atoms with E-state index in [0.29, 0.717) is 0 Å². The first-order chi connectivity index (χ1) is 9.08. The first-order valence-electron chi connectivity index (χ1n) is 8.10. The van der Waals surface area contributed by atoms with Crippen LogP contribution in [0.1, 0.15) is 59.8 Å². The zero-order valence-corrected chi connectivity index (χ0v) is 13.2. The molecule has 0 heterocycles. The second-order valence-corrected chi connectivity index (χ2v) is 6.11. The molecule has 0 bridgehead atoms. The molecule has 0 radical (unpaired) electrons. The second kappa shape index (κ2) is 8.57. The maximum atomic E-state index is 12.1. The van der Waals surface area contributed by atoms with Crippen molar-refractivity contribution in [3.63, 3.8) is 0 Å². The Morgan fingerprint density at radius 2 is 2.00 bits per heavy atom. The van der Waals surface area contributed by atoms with E-state index in [4.69, 9.17) is 0 Å². The Labute approximate surface area is 119 Å². The molecule has 1 aliphatic carbocycles. The third-order valence-electron chi connectivity index (χ3n) is 4.49. The topological polar surface area (TPSA) is 32.3 Å². The van der Waals surface area contributed by atoms with Gasteiger partial charge in [-0.3, -0.25) is 4.79 Å². The van der Waals surface area contributed by atoms with Crippen LogP contribution >= 0.6 is 0 Å². The van der Waals surface area contributed by atoms with Gasteiger partial charge < -0.3 is 10.2 Å². The monoisotopic (exact) mass is 268 g/mol. The highest BCUT2D eigenvalue weighted by molar-refractivity contribution is 5.81. The molecule has 0 aromatic rings. The molecule has 1 aliphatic rings. The van der Waals surface area contributed by atoms with Crippen molar-refractivity contribution in [3.8, 4) is 0 Å². The predicted octanol–water partition coefficient (Wildman–Crippen LogP) is 3.05. The van der Waals surface area contributed by atoms with Crippen molar-refractivity contribution in [1.29, 1.82) is 0 Å². The molecule has 3 atom stereocenters. The summed E-state index contributed by atoms with van der Waals surface area (Å²) >= 11 is 0. The molecule has 0 aliphatic heterocycles. The molecule has 1 rings (SSSR count). The van der Waals surface area contributed by atoms with Gasteiger partial charge in [0.25, 0.3) is 0 Å². The van der Waals surface area contributed by atoms with Gasteiger partial charge in [0.2, 0.25) is 5.91 Å². The van der Waals surface area contributed by atoms with Crippen LogP contribution in [0.25, 0.3) is 0 Å². The van der Waals surface area contributed by atoms with E-state index < -0.39 is 0 Å². The molecule has 112 valence electrons. The van der Waals surface area contributed by atoms with Gasteiger partial charge in [-0.05, 0) is 52.0 Å². The molecule has 0 spiro atoms. The van der Waals surface area contributed by atoms with Gasteiger partial charge in [0, 0.05) is 13.1 Å². The molecular weight excluding hydrogens is 236 g/mol. The van der Waals surface area contributed by atoms with Gasteiger partial charge in [0.15, 0.2) is 0 Å². The molecular formula is C16H32N2O. The third-order valence-corrected chi connectivity index (χ3v) is 4.49. The van der Waals surface area contributed by atoms with Gasteiger partial charge in [-0.15, -0.1) is 0 Å². The Bertz CT molecular complexity index is 263.